The molecule has 3 nitrogen and oxygen atoms in total. The summed E-state index contributed by atoms with van der Waals surface area (Å²) in [6, 6.07) is 6.02. The van der Waals surface area contributed by atoms with E-state index in [1.807, 2.05) is 37.2 Å². The quantitative estimate of drug-likeness (QED) is 0.929. The summed E-state index contributed by atoms with van der Waals surface area (Å²) in [5.74, 6) is -0.719. The van der Waals surface area contributed by atoms with E-state index < -0.39 is 5.97 Å². The Balaban J connectivity index is 2.47. The van der Waals surface area contributed by atoms with E-state index in [0.717, 1.165) is 28.6 Å². The molecule has 0 amide bonds. The molecule has 0 radical (unpaired) electrons. The molecule has 0 atom stereocenters. The Morgan fingerprint density at radius 3 is 2.59 bits per heavy atom. The minimum absolute atomic E-state index is 0.161. The second kappa shape index (κ2) is 4.33. The number of carboxylic acid groups (broad SMARTS) is 1. The summed E-state index contributed by atoms with van der Waals surface area (Å²) >= 11 is 3.56. The van der Waals surface area contributed by atoms with Gasteiger partial charge in [0.2, 0.25) is 0 Å². The van der Waals surface area contributed by atoms with Gasteiger partial charge in [0.25, 0.3) is 0 Å². The molecule has 0 heterocycles. The molecular formula is C13H16BrNO2. The summed E-state index contributed by atoms with van der Waals surface area (Å²) in [5, 5.41) is 9.04. The highest BCUT2D eigenvalue weighted by molar-refractivity contribution is 9.10. The van der Waals surface area contributed by atoms with Gasteiger partial charge in [-0.15, -0.1) is 0 Å². The predicted octanol–water partition coefficient (Wildman–Crippen LogP) is 3.02. The fraction of sp³-hybridized carbons (Fsp3) is 0.462. The Hall–Kier alpha value is -1.03. The molecule has 0 saturated heterocycles. The van der Waals surface area contributed by atoms with Crippen LogP contribution in [0.2, 0.25) is 0 Å². The second-order valence-electron chi connectivity index (χ2n) is 4.88. The molecule has 4 heteroatoms. The molecule has 0 aliphatic heterocycles. The molecule has 0 bridgehead atoms. The number of carbonyl (C=O) groups is 1. The third-order valence-electron chi connectivity index (χ3n) is 3.35. The first kappa shape index (κ1) is 12.4. The average Bonchev–Trinajstić information content (AvgIpc) is 2.96. The van der Waals surface area contributed by atoms with Gasteiger partial charge in [-0.1, -0.05) is 22.0 Å². The van der Waals surface area contributed by atoms with Crippen molar-refractivity contribution in [2.24, 2.45) is 0 Å². The number of rotatable bonds is 4. The number of carboxylic acids is 1. The third kappa shape index (κ3) is 2.32. The van der Waals surface area contributed by atoms with Crippen molar-refractivity contribution in [3.63, 3.8) is 0 Å². The first-order valence-corrected chi connectivity index (χ1v) is 6.44. The minimum Gasteiger partial charge on any atom is -0.481 e. The Kier molecular flexibility index (Phi) is 3.17. The van der Waals surface area contributed by atoms with Crippen molar-refractivity contribution in [3.8, 4) is 0 Å². The Morgan fingerprint density at radius 2 is 2.12 bits per heavy atom. The summed E-state index contributed by atoms with van der Waals surface area (Å²) in [4.78, 5) is 13.0. The van der Waals surface area contributed by atoms with E-state index >= 15 is 0 Å². The number of hydrogen-bond acceptors (Lipinski definition) is 2. The summed E-state index contributed by atoms with van der Waals surface area (Å²) in [6.45, 7) is 0. The average molecular weight is 298 g/mol. The number of aliphatic carboxylic acids is 1. The lowest BCUT2D eigenvalue weighted by Crippen LogP contribution is -2.19. The molecule has 1 aromatic carbocycles. The molecule has 0 unspecified atom stereocenters. The standard InChI is InChI=1S/C13H16BrNO2/c1-15(2)10-5-3-4-9(14)12(10)13(6-7-13)8-11(16)17/h3-5H,6-8H2,1-2H3,(H,16,17). The van der Waals surface area contributed by atoms with Gasteiger partial charge in [-0.3, -0.25) is 4.79 Å². The molecule has 1 aliphatic carbocycles. The minimum atomic E-state index is -0.719. The highest BCUT2D eigenvalue weighted by Crippen LogP contribution is 2.55. The number of hydrogen-bond donors (Lipinski definition) is 1. The van der Waals surface area contributed by atoms with Crippen LogP contribution < -0.4 is 4.90 Å². The molecule has 0 aromatic heterocycles. The topological polar surface area (TPSA) is 40.5 Å². The van der Waals surface area contributed by atoms with E-state index in [-0.39, 0.29) is 11.8 Å². The predicted molar refractivity (Wildman–Crippen MR) is 71.6 cm³/mol. The smallest absolute Gasteiger partial charge is 0.304 e. The first-order chi connectivity index (χ1) is 7.96. The molecular weight excluding hydrogens is 282 g/mol. The highest BCUT2D eigenvalue weighted by Gasteiger charge is 2.48. The van der Waals surface area contributed by atoms with Gasteiger partial charge < -0.3 is 10.0 Å². The van der Waals surface area contributed by atoms with Gasteiger partial charge in [-0.25, -0.2) is 0 Å². The second-order valence-corrected chi connectivity index (χ2v) is 5.73. The van der Waals surface area contributed by atoms with Crippen LogP contribution in [-0.4, -0.2) is 25.2 Å². The van der Waals surface area contributed by atoms with E-state index in [4.69, 9.17) is 5.11 Å². The van der Waals surface area contributed by atoms with E-state index in [9.17, 15) is 4.79 Å². The molecule has 92 valence electrons. The van der Waals surface area contributed by atoms with Crippen molar-refractivity contribution in [1.82, 2.24) is 0 Å². The number of benzene rings is 1. The summed E-state index contributed by atoms with van der Waals surface area (Å²) in [5.41, 5.74) is 2.09. The number of halogens is 1. The van der Waals surface area contributed by atoms with Crippen LogP contribution in [0.4, 0.5) is 5.69 Å². The number of nitrogens with zero attached hydrogens (tertiary/aromatic N) is 1. The largest absolute Gasteiger partial charge is 0.481 e. The zero-order chi connectivity index (χ0) is 12.6. The Labute approximate surface area is 110 Å². The van der Waals surface area contributed by atoms with Gasteiger partial charge in [-0.05, 0) is 30.5 Å². The fourth-order valence-corrected chi connectivity index (χ4v) is 3.14. The highest BCUT2D eigenvalue weighted by atomic mass is 79.9. The maximum Gasteiger partial charge on any atom is 0.304 e. The van der Waals surface area contributed by atoms with Crippen LogP contribution >= 0.6 is 15.9 Å². The van der Waals surface area contributed by atoms with Crippen LogP contribution in [-0.2, 0) is 10.2 Å². The maximum absolute atomic E-state index is 11.0. The molecule has 1 aliphatic rings. The Bertz CT molecular complexity index is 453. The molecule has 1 aromatic rings. The lowest BCUT2D eigenvalue weighted by atomic mass is 9.90. The van der Waals surface area contributed by atoms with E-state index in [2.05, 4.69) is 15.9 Å². The summed E-state index contributed by atoms with van der Waals surface area (Å²) < 4.78 is 1.02. The molecule has 1 N–H and O–H groups in total. The van der Waals surface area contributed by atoms with Gasteiger partial charge >= 0.3 is 5.97 Å². The van der Waals surface area contributed by atoms with Gasteiger partial charge in [0.1, 0.15) is 0 Å². The van der Waals surface area contributed by atoms with Crippen LogP contribution in [0.25, 0.3) is 0 Å². The van der Waals surface area contributed by atoms with Crippen molar-refractivity contribution >= 4 is 27.6 Å². The van der Waals surface area contributed by atoms with Crippen molar-refractivity contribution in [3.05, 3.63) is 28.2 Å². The van der Waals surface area contributed by atoms with Crippen LogP contribution in [0.3, 0.4) is 0 Å². The van der Waals surface area contributed by atoms with Crippen molar-refractivity contribution in [2.75, 3.05) is 19.0 Å². The van der Waals surface area contributed by atoms with Gasteiger partial charge in [-0.2, -0.15) is 0 Å². The number of anilines is 1. The fourth-order valence-electron chi connectivity index (χ4n) is 2.37. The molecule has 0 spiro atoms. The van der Waals surface area contributed by atoms with Crippen LogP contribution in [0.15, 0.2) is 22.7 Å². The molecule has 2 rings (SSSR count). The first-order valence-electron chi connectivity index (χ1n) is 5.64. The zero-order valence-corrected chi connectivity index (χ0v) is 11.6. The molecule has 1 fully saturated rings. The van der Waals surface area contributed by atoms with Gasteiger partial charge in [0, 0.05) is 29.7 Å². The van der Waals surface area contributed by atoms with Crippen molar-refractivity contribution in [1.29, 1.82) is 0 Å². The lowest BCUT2D eigenvalue weighted by molar-refractivity contribution is -0.137. The maximum atomic E-state index is 11.0. The van der Waals surface area contributed by atoms with Gasteiger partial charge in [0.05, 0.1) is 6.42 Å². The van der Waals surface area contributed by atoms with Crippen molar-refractivity contribution < 1.29 is 9.90 Å². The normalized spacial score (nSPS) is 16.6. The summed E-state index contributed by atoms with van der Waals surface area (Å²) in [7, 11) is 3.98. The van der Waals surface area contributed by atoms with Crippen molar-refractivity contribution in [2.45, 2.75) is 24.7 Å². The van der Waals surface area contributed by atoms with E-state index in [0.29, 0.717) is 0 Å². The molecule has 1 saturated carbocycles. The SMILES string of the molecule is CN(C)c1cccc(Br)c1C1(CC(=O)O)CC1. The van der Waals surface area contributed by atoms with E-state index in [1.54, 1.807) is 0 Å². The zero-order valence-electron chi connectivity index (χ0n) is 10.0. The monoisotopic (exact) mass is 297 g/mol. The lowest BCUT2D eigenvalue weighted by Gasteiger charge is -2.24. The molecule has 17 heavy (non-hydrogen) atoms. The van der Waals surface area contributed by atoms with Crippen LogP contribution in [0.1, 0.15) is 24.8 Å². The van der Waals surface area contributed by atoms with E-state index in [1.165, 1.54) is 0 Å². The Morgan fingerprint density at radius 1 is 1.47 bits per heavy atom. The third-order valence-corrected chi connectivity index (χ3v) is 4.01. The van der Waals surface area contributed by atoms with Gasteiger partial charge in [0.15, 0.2) is 0 Å². The van der Waals surface area contributed by atoms with Crippen LogP contribution in [0, 0.1) is 0 Å². The van der Waals surface area contributed by atoms with Crippen LogP contribution in [0.5, 0.6) is 0 Å². The summed E-state index contributed by atoms with van der Waals surface area (Å²) in [6.07, 6.45) is 2.14.